The molecule has 1 aliphatic rings. The first-order chi connectivity index (χ1) is 7.60. The van der Waals surface area contributed by atoms with Crippen molar-refractivity contribution in [3.63, 3.8) is 0 Å². The van der Waals surface area contributed by atoms with Crippen molar-refractivity contribution < 1.29 is 8.42 Å². The normalized spacial score (nSPS) is 20.5. The van der Waals surface area contributed by atoms with E-state index < -0.39 is 10.2 Å². The van der Waals surface area contributed by atoms with E-state index in [1.165, 1.54) is 4.31 Å². The lowest BCUT2D eigenvalue weighted by atomic mass is 10.1. The van der Waals surface area contributed by atoms with Crippen molar-refractivity contribution in [1.82, 2.24) is 14.3 Å². The Morgan fingerprint density at radius 2 is 2.00 bits per heavy atom. The molecule has 1 atom stereocenters. The van der Waals surface area contributed by atoms with Crippen LogP contribution in [0.25, 0.3) is 0 Å². The minimum atomic E-state index is -3.25. The fourth-order valence-corrected chi connectivity index (χ4v) is 3.25. The van der Waals surface area contributed by atoms with Crippen molar-refractivity contribution >= 4 is 22.6 Å². The van der Waals surface area contributed by atoms with E-state index in [4.69, 9.17) is 0 Å². The minimum Gasteiger partial charge on any atom is -0.316 e. The van der Waals surface area contributed by atoms with Gasteiger partial charge in [-0.05, 0) is 31.8 Å². The Morgan fingerprint density at radius 3 is 2.47 bits per heavy atom. The predicted octanol–water partition coefficient (Wildman–Crippen LogP) is 0.584. The molecule has 0 saturated carbocycles. The molecule has 1 saturated heterocycles. The van der Waals surface area contributed by atoms with Crippen LogP contribution in [0.4, 0.5) is 0 Å². The molecule has 0 bridgehead atoms. The summed E-state index contributed by atoms with van der Waals surface area (Å²) in [5.74, 6) is 0.624. The van der Waals surface area contributed by atoms with Crippen LogP contribution in [-0.2, 0) is 10.2 Å². The molecule has 0 aliphatic carbocycles. The smallest absolute Gasteiger partial charge is 0.279 e. The summed E-state index contributed by atoms with van der Waals surface area (Å²) in [7, 11) is -3.25. The maximum Gasteiger partial charge on any atom is 0.279 e. The zero-order chi connectivity index (χ0) is 12.0. The highest BCUT2D eigenvalue weighted by Crippen LogP contribution is 2.11. The van der Waals surface area contributed by atoms with Gasteiger partial charge < -0.3 is 5.32 Å². The molecule has 1 aliphatic heterocycles. The van der Waals surface area contributed by atoms with Gasteiger partial charge in [0, 0.05) is 19.6 Å². The molecule has 1 fully saturated rings. The SMILES string of the molecule is CCN(CC)S(=O)(=O)NCCC1CCNC1.Cl. The zero-order valence-electron chi connectivity index (χ0n) is 10.6. The third-order valence-electron chi connectivity index (χ3n) is 3.04. The van der Waals surface area contributed by atoms with Gasteiger partial charge in [-0.3, -0.25) is 0 Å². The van der Waals surface area contributed by atoms with Crippen LogP contribution in [0.5, 0.6) is 0 Å². The maximum absolute atomic E-state index is 11.8. The largest absolute Gasteiger partial charge is 0.316 e. The van der Waals surface area contributed by atoms with Gasteiger partial charge >= 0.3 is 0 Å². The number of hydrogen-bond donors (Lipinski definition) is 2. The van der Waals surface area contributed by atoms with E-state index in [9.17, 15) is 8.42 Å². The van der Waals surface area contributed by atoms with Gasteiger partial charge in [0.25, 0.3) is 10.2 Å². The highest BCUT2D eigenvalue weighted by molar-refractivity contribution is 7.87. The van der Waals surface area contributed by atoms with Crippen molar-refractivity contribution in [2.24, 2.45) is 5.92 Å². The van der Waals surface area contributed by atoms with E-state index in [1.54, 1.807) is 0 Å². The molecule has 5 nitrogen and oxygen atoms in total. The average Bonchev–Trinajstić information content (AvgIpc) is 2.71. The number of nitrogens with zero attached hydrogens (tertiary/aromatic N) is 1. The molecule has 17 heavy (non-hydrogen) atoms. The van der Waals surface area contributed by atoms with Crippen LogP contribution in [0.15, 0.2) is 0 Å². The predicted molar refractivity (Wildman–Crippen MR) is 72.7 cm³/mol. The van der Waals surface area contributed by atoms with E-state index in [2.05, 4.69) is 10.0 Å². The van der Waals surface area contributed by atoms with Gasteiger partial charge in [0.05, 0.1) is 0 Å². The molecule has 0 radical (unpaired) electrons. The summed E-state index contributed by atoms with van der Waals surface area (Å²) in [6.45, 7) is 7.38. The zero-order valence-corrected chi connectivity index (χ0v) is 12.2. The Bertz CT molecular complexity index is 288. The van der Waals surface area contributed by atoms with Crippen molar-refractivity contribution in [2.75, 3.05) is 32.7 Å². The average molecular weight is 286 g/mol. The second-order valence-corrected chi connectivity index (χ2v) is 5.89. The molecule has 2 N–H and O–H groups in total. The molecule has 0 aromatic heterocycles. The van der Waals surface area contributed by atoms with Crippen molar-refractivity contribution in [3.8, 4) is 0 Å². The monoisotopic (exact) mass is 285 g/mol. The van der Waals surface area contributed by atoms with Crippen LogP contribution < -0.4 is 10.0 Å². The second kappa shape index (κ2) is 8.26. The van der Waals surface area contributed by atoms with Crippen molar-refractivity contribution in [1.29, 1.82) is 0 Å². The highest BCUT2D eigenvalue weighted by Gasteiger charge is 2.19. The summed E-state index contributed by atoms with van der Waals surface area (Å²) in [6.07, 6.45) is 2.08. The van der Waals surface area contributed by atoms with Crippen LogP contribution in [0.2, 0.25) is 0 Å². The molecule has 0 spiro atoms. The van der Waals surface area contributed by atoms with Crippen LogP contribution in [0.3, 0.4) is 0 Å². The number of halogens is 1. The fourth-order valence-electron chi connectivity index (χ4n) is 2.01. The van der Waals surface area contributed by atoms with Crippen LogP contribution in [-0.4, -0.2) is 45.4 Å². The number of nitrogens with one attached hydrogen (secondary N) is 2. The molecule has 1 unspecified atom stereocenters. The molecule has 0 aromatic rings. The van der Waals surface area contributed by atoms with Gasteiger partial charge in [-0.15, -0.1) is 12.4 Å². The highest BCUT2D eigenvalue weighted by atomic mass is 35.5. The standard InChI is InChI=1S/C10H23N3O2S.ClH/c1-3-13(4-2)16(14,15)12-8-6-10-5-7-11-9-10;/h10-12H,3-9H2,1-2H3;1H. The Labute approximate surface area is 111 Å². The lowest BCUT2D eigenvalue weighted by Gasteiger charge is -2.19. The van der Waals surface area contributed by atoms with E-state index in [-0.39, 0.29) is 12.4 Å². The summed E-state index contributed by atoms with van der Waals surface area (Å²) < 4.78 is 27.6. The molecule has 0 aromatic carbocycles. The van der Waals surface area contributed by atoms with Crippen LogP contribution in [0, 0.1) is 5.92 Å². The van der Waals surface area contributed by atoms with Crippen molar-refractivity contribution in [2.45, 2.75) is 26.7 Å². The van der Waals surface area contributed by atoms with Gasteiger partial charge in [-0.25, -0.2) is 4.72 Å². The number of rotatable bonds is 7. The Balaban J connectivity index is 0.00000256. The molecule has 1 heterocycles. The quantitative estimate of drug-likeness (QED) is 0.719. The molecular formula is C10H24ClN3O2S. The lowest BCUT2D eigenvalue weighted by molar-refractivity contribution is 0.429. The van der Waals surface area contributed by atoms with E-state index in [0.29, 0.717) is 25.6 Å². The first-order valence-corrected chi connectivity index (χ1v) is 7.49. The van der Waals surface area contributed by atoms with Crippen molar-refractivity contribution in [3.05, 3.63) is 0 Å². The van der Waals surface area contributed by atoms with E-state index in [1.807, 2.05) is 13.8 Å². The summed E-state index contributed by atoms with van der Waals surface area (Å²) in [4.78, 5) is 0. The summed E-state index contributed by atoms with van der Waals surface area (Å²) >= 11 is 0. The van der Waals surface area contributed by atoms with Crippen LogP contribution in [0.1, 0.15) is 26.7 Å². The molecule has 7 heteroatoms. The van der Waals surface area contributed by atoms with Gasteiger partial charge in [-0.1, -0.05) is 13.8 Å². The first-order valence-electron chi connectivity index (χ1n) is 6.05. The van der Waals surface area contributed by atoms with Crippen LogP contribution >= 0.6 is 12.4 Å². The van der Waals surface area contributed by atoms with Gasteiger partial charge in [-0.2, -0.15) is 12.7 Å². The minimum absolute atomic E-state index is 0. The molecule has 1 rings (SSSR count). The third-order valence-corrected chi connectivity index (χ3v) is 4.81. The second-order valence-electron chi connectivity index (χ2n) is 4.13. The van der Waals surface area contributed by atoms with Gasteiger partial charge in [0.15, 0.2) is 0 Å². The maximum atomic E-state index is 11.8. The summed E-state index contributed by atoms with van der Waals surface area (Å²) in [6, 6.07) is 0. The Morgan fingerprint density at radius 1 is 1.35 bits per heavy atom. The summed E-state index contributed by atoms with van der Waals surface area (Å²) in [5.41, 5.74) is 0. The fraction of sp³-hybridized carbons (Fsp3) is 1.00. The lowest BCUT2D eigenvalue weighted by Crippen LogP contribution is -2.41. The molecular weight excluding hydrogens is 262 g/mol. The Hall–Kier alpha value is 0.120. The topological polar surface area (TPSA) is 61.4 Å². The third kappa shape index (κ3) is 5.52. The number of hydrogen-bond acceptors (Lipinski definition) is 3. The molecule has 0 amide bonds. The first kappa shape index (κ1) is 17.1. The van der Waals surface area contributed by atoms with Gasteiger partial charge in [0.1, 0.15) is 0 Å². The summed E-state index contributed by atoms with van der Waals surface area (Å²) in [5, 5.41) is 3.28. The Kier molecular flexibility index (Phi) is 8.32. The van der Waals surface area contributed by atoms with Gasteiger partial charge in [0.2, 0.25) is 0 Å². The molecule has 104 valence electrons. The van der Waals surface area contributed by atoms with E-state index >= 15 is 0 Å². The van der Waals surface area contributed by atoms with E-state index in [0.717, 1.165) is 25.9 Å².